The van der Waals surface area contributed by atoms with Crippen LogP contribution in [0.4, 0.5) is 10.5 Å². The Hall–Kier alpha value is -4.04. The van der Waals surface area contributed by atoms with Crippen molar-refractivity contribution in [3.8, 4) is 10.6 Å². The number of anilines is 1. The van der Waals surface area contributed by atoms with Gasteiger partial charge in [0.25, 0.3) is 0 Å². The molecule has 1 fully saturated rings. The van der Waals surface area contributed by atoms with Gasteiger partial charge < -0.3 is 30.2 Å². The number of nitrogen functional groups attached to an aromatic ring is 1. The number of aryl methyl sites for hydroxylation is 2. The predicted octanol–water partition coefficient (Wildman–Crippen LogP) is 4.42. The zero-order valence-corrected chi connectivity index (χ0v) is 27.6. The summed E-state index contributed by atoms with van der Waals surface area (Å²) >= 11 is 1.37. The van der Waals surface area contributed by atoms with Crippen LogP contribution in [-0.2, 0) is 25.4 Å². The summed E-state index contributed by atoms with van der Waals surface area (Å²) in [5.41, 5.74) is 8.86. The molecule has 0 atom stereocenters. The van der Waals surface area contributed by atoms with E-state index in [2.05, 4.69) is 20.4 Å². The van der Waals surface area contributed by atoms with E-state index in [1.807, 2.05) is 50.7 Å². The van der Waals surface area contributed by atoms with Gasteiger partial charge in [0, 0.05) is 61.9 Å². The fourth-order valence-corrected chi connectivity index (χ4v) is 5.20. The molecule has 0 unspecified atom stereocenters. The number of aromatic nitrogens is 4. The lowest BCUT2D eigenvalue weighted by Crippen LogP contribution is -2.41. The second-order valence-electron chi connectivity index (χ2n) is 11.4. The van der Waals surface area contributed by atoms with Crippen molar-refractivity contribution in [3.05, 3.63) is 47.0 Å². The summed E-state index contributed by atoms with van der Waals surface area (Å²) in [6.07, 6.45) is 7.21. The Balaban J connectivity index is 0.000000350. The van der Waals surface area contributed by atoms with Crippen molar-refractivity contribution in [1.82, 2.24) is 30.0 Å². The minimum atomic E-state index is -0.598. The van der Waals surface area contributed by atoms with Crippen molar-refractivity contribution < 1.29 is 28.6 Å². The number of rotatable bonds is 12. The number of esters is 1. The van der Waals surface area contributed by atoms with Gasteiger partial charge in [-0.1, -0.05) is 0 Å². The van der Waals surface area contributed by atoms with Crippen LogP contribution in [0.3, 0.4) is 0 Å². The molecule has 0 spiro atoms. The molecule has 3 N–H and O–H groups in total. The number of hydrogen-bond donors (Lipinski definition) is 2. The zero-order valence-electron chi connectivity index (χ0n) is 26.8. The molecule has 0 aromatic carbocycles. The first-order valence-electron chi connectivity index (χ1n) is 15.1. The molecule has 4 heterocycles. The number of ether oxygens (including phenoxy) is 3. The van der Waals surface area contributed by atoms with Gasteiger partial charge in [-0.2, -0.15) is 5.10 Å². The first-order chi connectivity index (χ1) is 21.5. The first kappa shape index (κ1) is 35.4. The van der Waals surface area contributed by atoms with Crippen LogP contribution in [-0.4, -0.2) is 88.2 Å². The Bertz CT molecular complexity index is 1360. The maximum Gasteiger partial charge on any atom is 0.410 e. The van der Waals surface area contributed by atoms with Crippen molar-refractivity contribution in [2.24, 2.45) is 0 Å². The van der Waals surface area contributed by atoms with Crippen molar-refractivity contribution in [3.63, 3.8) is 0 Å². The number of pyridine rings is 1. The van der Waals surface area contributed by atoms with Gasteiger partial charge in [-0.3, -0.25) is 14.5 Å². The maximum atomic E-state index is 12.5. The van der Waals surface area contributed by atoms with Crippen LogP contribution < -0.4 is 11.1 Å². The summed E-state index contributed by atoms with van der Waals surface area (Å²) in [5, 5.41) is 9.33. The van der Waals surface area contributed by atoms with Gasteiger partial charge in [-0.05, 0) is 72.4 Å². The smallest absolute Gasteiger partial charge is 0.410 e. The highest BCUT2D eigenvalue weighted by atomic mass is 32.1. The van der Waals surface area contributed by atoms with Crippen LogP contribution >= 0.6 is 11.3 Å². The molecule has 0 radical (unpaired) electrons. The topological polar surface area (TPSA) is 164 Å². The van der Waals surface area contributed by atoms with Crippen molar-refractivity contribution in [2.75, 3.05) is 45.2 Å². The highest BCUT2D eigenvalue weighted by Crippen LogP contribution is 2.25. The maximum absolute atomic E-state index is 12.5. The number of hydrogen-bond acceptors (Lipinski definition) is 11. The van der Waals surface area contributed by atoms with E-state index >= 15 is 0 Å². The van der Waals surface area contributed by atoms with Gasteiger partial charge >= 0.3 is 12.1 Å². The minimum Gasteiger partial charge on any atom is -0.461 e. The molecule has 1 aliphatic heterocycles. The van der Waals surface area contributed by atoms with Gasteiger partial charge in [0.1, 0.15) is 10.6 Å². The van der Waals surface area contributed by atoms with Crippen molar-refractivity contribution in [1.29, 1.82) is 0 Å². The molecule has 45 heavy (non-hydrogen) atoms. The second-order valence-corrected chi connectivity index (χ2v) is 12.3. The summed E-state index contributed by atoms with van der Waals surface area (Å²) in [5.74, 6) is -0.435. The van der Waals surface area contributed by atoms with Crippen LogP contribution in [0.15, 0.2) is 29.9 Å². The highest BCUT2D eigenvalue weighted by molar-refractivity contribution is 7.13. The summed E-state index contributed by atoms with van der Waals surface area (Å²) in [6, 6.07) is 4.25. The zero-order chi connectivity index (χ0) is 32.8. The monoisotopic (exact) mass is 643 g/mol. The predicted molar refractivity (Wildman–Crippen MR) is 172 cm³/mol. The molecule has 4 rings (SSSR count). The van der Waals surface area contributed by atoms with E-state index in [9.17, 15) is 14.4 Å². The van der Waals surface area contributed by atoms with E-state index in [0.717, 1.165) is 48.7 Å². The van der Waals surface area contributed by atoms with Gasteiger partial charge in [0.05, 0.1) is 24.0 Å². The fraction of sp³-hybridized carbons (Fsp3) is 0.548. The van der Waals surface area contributed by atoms with Crippen LogP contribution in [0.25, 0.3) is 10.6 Å². The molecule has 246 valence electrons. The number of thiazole rings is 1. The van der Waals surface area contributed by atoms with Crippen LogP contribution in [0.1, 0.15) is 74.9 Å². The standard InChI is InChI=1S/C22H30N4O5S.C9H15N3O/c1-5-30-20(28)18-14-32-19(25-18)16-8-9-24-17(13-16)7-6-11-26(12-10-23-15-27)21(29)31-22(2,3)4;1-7-9(10)6-12(11-7)8-2-4-13-5-3-8/h8-9,13-15H,5-7,10-12H2,1-4H3,(H,23,27);6,8H,2-5,10H2,1H3. The molecular formula is C31H45N7O6S. The quantitative estimate of drug-likeness (QED) is 0.164. The number of amides is 2. The molecule has 3 aromatic rings. The molecule has 0 aliphatic carbocycles. The Labute approximate surface area is 268 Å². The van der Waals surface area contributed by atoms with Crippen LogP contribution in [0.2, 0.25) is 0 Å². The Morgan fingerprint density at radius 3 is 2.67 bits per heavy atom. The Kier molecular flexibility index (Phi) is 13.7. The SMILES string of the molecule is CCOC(=O)c1csc(-c2ccnc(CCCN(CCNC=O)C(=O)OC(C)(C)C)c2)n1.Cc1nn(C2CCOCC2)cc1N. The van der Waals surface area contributed by atoms with Crippen molar-refractivity contribution >= 4 is 35.5 Å². The van der Waals surface area contributed by atoms with E-state index in [0.29, 0.717) is 62.2 Å². The molecule has 3 aromatic heterocycles. The molecule has 0 saturated carbocycles. The largest absolute Gasteiger partial charge is 0.461 e. The van der Waals surface area contributed by atoms with E-state index < -0.39 is 17.7 Å². The summed E-state index contributed by atoms with van der Waals surface area (Å²) in [7, 11) is 0. The third kappa shape index (κ3) is 11.8. The number of nitrogens with zero attached hydrogens (tertiary/aromatic N) is 5. The molecule has 1 saturated heterocycles. The van der Waals surface area contributed by atoms with Gasteiger partial charge in [0.15, 0.2) is 5.69 Å². The lowest BCUT2D eigenvalue weighted by molar-refractivity contribution is -0.109. The van der Waals surface area contributed by atoms with E-state index in [4.69, 9.17) is 19.9 Å². The summed E-state index contributed by atoms with van der Waals surface area (Å²) < 4.78 is 17.7. The summed E-state index contributed by atoms with van der Waals surface area (Å²) in [6.45, 7) is 12.3. The fourth-order valence-electron chi connectivity index (χ4n) is 4.42. The molecule has 2 amide bonds. The molecular weight excluding hydrogens is 598 g/mol. The second kappa shape index (κ2) is 17.4. The normalized spacial score (nSPS) is 13.4. The number of carbonyl (C=O) groups is 3. The average molecular weight is 644 g/mol. The van der Waals surface area contributed by atoms with Gasteiger partial charge in [-0.15, -0.1) is 11.3 Å². The number of carbonyl (C=O) groups excluding carboxylic acids is 3. The lowest BCUT2D eigenvalue weighted by atomic mass is 10.1. The Morgan fingerprint density at radius 1 is 1.27 bits per heavy atom. The third-order valence-corrected chi connectivity index (χ3v) is 7.59. The van der Waals surface area contributed by atoms with Crippen LogP contribution in [0, 0.1) is 6.92 Å². The molecule has 1 aliphatic rings. The van der Waals surface area contributed by atoms with E-state index in [-0.39, 0.29) is 0 Å². The van der Waals surface area contributed by atoms with E-state index in [1.165, 1.54) is 11.3 Å². The molecule has 0 bridgehead atoms. The van der Waals surface area contributed by atoms with Crippen LogP contribution in [0.5, 0.6) is 0 Å². The highest BCUT2D eigenvalue weighted by Gasteiger charge is 2.22. The van der Waals surface area contributed by atoms with Crippen molar-refractivity contribution in [2.45, 2.75) is 71.9 Å². The third-order valence-electron chi connectivity index (χ3n) is 6.69. The minimum absolute atomic E-state index is 0.294. The van der Waals surface area contributed by atoms with Gasteiger partial charge in [-0.25, -0.2) is 14.6 Å². The number of nitrogens with one attached hydrogen (secondary N) is 1. The summed E-state index contributed by atoms with van der Waals surface area (Å²) in [4.78, 5) is 45.2. The first-order valence-corrected chi connectivity index (χ1v) is 16.0. The number of nitrogens with two attached hydrogens (primary N) is 1. The lowest BCUT2D eigenvalue weighted by Gasteiger charge is -2.27. The van der Waals surface area contributed by atoms with E-state index in [1.54, 1.807) is 23.4 Å². The molecule has 13 nitrogen and oxygen atoms in total. The molecule has 14 heteroatoms. The van der Waals surface area contributed by atoms with Gasteiger partial charge in [0.2, 0.25) is 6.41 Å². The average Bonchev–Trinajstić information content (AvgIpc) is 3.64. The Morgan fingerprint density at radius 2 is 2.02 bits per heavy atom.